The van der Waals surface area contributed by atoms with Crippen LogP contribution in [0.2, 0.25) is 0 Å². The summed E-state index contributed by atoms with van der Waals surface area (Å²) >= 11 is 0. The standard InChI is InChI=1S/C10H8N2O2/c1-7-11-5-4-9(12-7)10-3-2-8(6-13)14-10/h2-6H,1H3. The van der Waals surface area contributed by atoms with Crippen molar-refractivity contribution in [1.82, 2.24) is 9.97 Å². The van der Waals surface area contributed by atoms with Gasteiger partial charge in [0, 0.05) is 6.20 Å². The second-order valence-corrected chi connectivity index (χ2v) is 2.81. The minimum absolute atomic E-state index is 0.302. The molecule has 70 valence electrons. The first-order chi connectivity index (χ1) is 6.79. The molecule has 0 radical (unpaired) electrons. The van der Waals surface area contributed by atoms with E-state index in [1.807, 2.05) is 0 Å². The van der Waals surface area contributed by atoms with E-state index in [-0.39, 0.29) is 0 Å². The van der Waals surface area contributed by atoms with Gasteiger partial charge in [0.05, 0.1) is 0 Å². The monoisotopic (exact) mass is 188 g/mol. The fraction of sp³-hybridized carbons (Fsp3) is 0.100. The van der Waals surface area contributed by atoms with Gasteiger partial charge in [-0.25, -0.2) is 9.97 Å². The second-order valence-electron chi connectivity index (χ2n) is 2.81. The van der Waals surface area contributed by atoms with E-state index in [0.29, 0.717) is 29.3 Å². The second kappa shape index (κ2) is 3.41. The number of carbonyl (C=O) groups is 1. The lowest BCUT2D eigenvalue weighted by Crippen LogP contribution is -1.88. The normalized spacial score (nSPS) is 10.1. The molecular formula is C10H8N2O2. The first kappa shape index (κ1) is 8.62. The first-order valence-electron chi connectivity index (χ1n) is 4.14. The zero-order valence-electron chi connectivity index (χ0n) is 7.60. The zero-order chi connectivity index (χ0) is 9.97. The molecule has 0 aromatic carbocycles. The van der Waals surface area contributed by atoms with Crippen molar-refractivity contribution >= 4 is 6.29 Å². The quantitative estimate of drug-likeness (QED) is 0.675. The van der Waals surface area contributed by atoms with Crippen molar-refractivity contribution < 1.29 is 9.21 Å². The number of aldehydes is 1. The number of nitrogens with zero attached hydrogens (tertiary/aromatic N) is 2. The average molecular weight is 188 g/mol. The van der Waals surface area contributed by atoms with Crippen molar-refractivity contribution in [1.29, 1.82) is 0 Å². The Kier molecular flexibility index (Phi) is 2.10. The van der Waals surface area contributed by atoms with Crippen molar-refractivity contribution in [3.63, 3.8) is 0 Å². The van der Waals surface area contributed by atoms with Gasteiger partial charge in [-0.15, -0.1) is 0 Å². The SMILES string of the molecule is Cc1nccc(-c2ccc(C=O)o2)n1. The minimum Gasteiger partial charge on any atom is -0.452 e. The summed E-state index contributed by atoms with van der Waals surface area (Å²) in [5.41, 5.74) is 0.686. The Balaban J connectivity index is 2.43. The van der Waals surface area contributed by atoms with Gasteiger partial charge in [-0.05, 0) is 25.1 Å². The molecule has 2 heterocycles. The van der Waals surface area contributed by atoms with Gasteiger partial charge in [0.1, 0.15) is 11.5 Å². The van der Waals surface area contributed by atoms with Gasteiger partial charge in [0.2, 0.25) is 0 Å². The van der Waals surface area contributed by atoms with E-state index in [4.69, 9.17) is 4.42 Å². The summed E-state index contributed by atoms with van der Waals surface area (Å²) in [4.78, 5) is 18.5. The lowest BCUT2D eigenvalue weighted by Gasteiger charge is -1.95. The summed E-state index contributed by atoms with van der Waals surface area (Å²) in [5.74, 6) is 1.56. The molecule has 0 unspecified atom stereocenters. The van der Waals surface area contributed by atoms with Crippen LogP contribution in [0.3, 0.4) is 0 Å². The number of hydrogen-bond acceptors (Lipinski definition) is 4. The Bertz CT molecular complexity index is 463. The molecule has 0 amide bonds. The van der Waals surface area contributed by atoms with Crippen LogP contribution in [0.1, 0.15) is 16.4 Å². The highest BCUT2D eigenvalue weighted by atomic mass is 16.3. The predicted molar refractivity (Wildman–Crippen MR) is 49.9 cm³/mol. The number of aromatic nitrogens is 2. The molecule has 4 heteroatoms. The largest absolute Gasteiger partial charge is 0.452 e. The van der Waals surface area contributed by atoms with Crippen LogP contribution in [-0.4, -0.2) is 16.3 Å². The summed E-state index contributed by atoms with van der Waals surface area (Å²) in [6, 6.07) is 5.06. The topological polar surface area (TPSA) is 56.0 Å². The number of hydrogen-bond donors (Lipinski definition) is 0. The third-order valence-corrected chi connectivity index (χ3v) is 1.77. The fourth-order valence-electron chi connectivity index (χ4n) is 1.15. The zero-order valence-corrected chi connectivity index (χ0v) is 7.60. The molecule has 0 fully saturated rings. The molecule has 4 nitrogen and oxygen atoms in total. The maximum Gasteiger partial charge on any atom is 0.185 e. The van der Waals surface area contributed by atoms with Crippen LogP contribution < -0.4 is 0 Å². The molecule has 0 aliphatic carbocycles. The van der Waals surface area contributed by atoms with Gasteiger partial charge >= 0.3 is 0 Å². The smallest absolute Gasteiger partial charge is 0.185 e. The Morgan fingerprint density at radius 1 is 1.36 bits per heavy atom. The minimum atomic E-state index is 0.302. The molecule has 0 aliphatic heterocycles. The van der Waals surface area contributed by atoms with E-state index in [1.54, 1.807) is 31.3 Å². The fourth-order valence-corrected chi connectivity index (χ4v) is 1.15. The summed E-state index contributed by atoms with van der Waals surface area (Å²) in [7, 11) is 0. The number of rotatable bonds is 2. The third kappa shape index (κ3) is 1.54. The summed E-state index contributed by atoms with van der Waals surface area (Å²) in [6.07, 6.45) is 2.32. The van der Waals surface area contributed by atoms with Crippen LogP contribution >= 0.6 is 0 Å². The number of furan rings is 1. The molecule has 14 heavy (non-hydrogen) atoms. The Morgan fingerprint density at radius 2 is 2.21 bits per heavy atom. The van der Waals surface area contributed by atoms with Crippen LogP contribution in [0.4, 0.5) is 0 Å². The Morgan fingerprint density at radius 3 is 2.86 bits per heavy atom. The van der Waals surface area contributed by atoms with E-state index in [9.17, 15) is 4.79 Å². The van der Waals surface area contributed by atoms with Crippen LogP contribution in [0.25, 0.3) is 11.5 Å². The molecule has 0 saturated heterocycles. The van der Waals surface area contributed by atoms with Crippen molar-refractivity contribution in [2.45, 2.75) is 6.92 Å². The predicted octanol–water partition coefficient (Wildman–Crippen LogP) is 1.86. The highest BCUT2D eigenvalue weighted by Gasteiger charge is 2.05. The van der Waals surface area contributed by atoms with E-state index in [1.165, 1.54) is 0 Å². The summed E-state index contributed by atoms with van der Waals surface area (Å²) in [6.45, 7) is 1.80. The van der Waals surface area contributed by atoms with Crippen molar-refractivity contribution in [3.05, 3.63) is 36.0 Å². The van der Waals surface area contributed by atoms with Gasteiger partial charge in [-0.1, -0.05) is 0 Å². The van der Waals surface area contributed by atoms with Crippen LogP contribution in [-0.2, 0) is 0 Å². The van der Waals surface area contributed by atoms with Crippen molar-refractivity contribution in [2.75, 3.05) is 0 Å². The number of aryl methyl sites for hydroxylation is 1. The van der Waals surface area contributed by atoms with Crippen LogP contribution in [0.15, 0.2) is 28.8 Å². The van der Waals surface area contributed by atoms with E-state index in [2.05, 4.69) is 9.97 Å². The van der Waals surface area contributed by atoms with Gasteiger partial charge in [0.15, 0.2) is 17.8 Å². The molecule has 0 bridgehead atoms. The molecule has 2 aromatic rings. The van der Waals surface area contributed by atoms with Gasteiger partial charge in [-0.2, -0.15) is 0 Å². The molecule has 0 saturated carbocycles. The molecule has 0 aliphatic rings. The van der Waals surface area contributed by atoms with E-state index >= 15 is 0 Å². The lowest BCUT2D eigenvalue weighted by atomic mass is 10.3. The van der Waals surface area contributed by atoms with Gasteiger partial charge in [-0.3, -0.25) is 4.79 Å². The van der Waals surface area contributed by atoms with E-state index < -0.39 is 0 Å². The summed E-state index contributed by atoms with van der Waals surface area (Å²) < 4.78 is 5.22. The Hall–Kier alpha value is -1.97. The third-order valence-electron chi connectivity index (χ3n) is 1.77. The molecule has 2 aromatic heterocycles. The first-order valence-corrected chi connectivity index (χ1v) is 4.14. The van der Waals surface area contributed by atoms with Crippen molar-refractivity contribution in [3.8, 4) is 11.5 Å². The van der Waals surface area contributed by atoms with Crippen LogP contribution in [0, 0.1) is 6.92 Å². The van der Waals surface area contributed by atoms with Gasteiger partial charge < -0.3 is 4.42 Å². The molecule has 2 rings (SSSR count). The highest BCUT2D eigenvalue weighted by Crippen LogP contribution is 2.18. The Labute approximate surface area is 80.6 Å². The lowest BCUT2D eigenvalue weighted by molar-refractivity contribution is 0.110. The highest BCUT2D eigenvalue weighted by molar-refractivity contribution is 5.72. The molecular weight excluding hydrogens is 180 g/mol. The van der Waals surface area contributed by atoms with Crippen LogP contribution in [0.5, 0.6) is 0 Å². The summed E-state index contributed by atoms with van der Waals surface area (Å²) in [5, 5.41) is 0. The van der Waals surface area contributed by atoms with E-state index in [0.717, 1.165) is 0 Å². The molecule has 0 spiro atoms. The number of carbonyl (C=O) groups excluding carboxylic acids is 1. The molecule has 0 atom stereocenters. The average Bonchev–Trinajstić information content (AvgIpc) is 2.66. The maximum atomic E-state index is 10.4. The molecule has 0 N–H and O–H groups in total. The van der Waals surface area contributed by atoms with Gasteiger partial charge in [0.25, 0.3) is 0 Å². The maximum absolute atomic E-state index is 10.4. The van der Waals surface area contributed by atoms with Crippen molar-refractivity contribution in [2.24, 2.45) is 0 Å².